The van der Waals surface area contributed by atoms with E-state index in [4.69, 9.17) is 9.47 Å². The average Bonchev–Trinajstić information content (AvgIpc) is 2.80. The molecule has 1 unspecified atom stereocenters. The third kappa shape index (κ3) is 2.59. The minimum absolute atomic E-state index is 0.00259. The number of ether oxygens (including phenoxy) is 2. The van der Waals surface area contributed by atoms with Crippen molar-refractivity contribution in [2.24, 2.45) is 0 Å². The van der Waals surface area contributed by atoms with Crippen LogP contribution in [0.2, 0.25) is 0 Å². The number of carbonyl (C=O) groups excluding carboxylic acids is 1. The van der Waals surface area contributed by atoms with Gasteiger partial charge in [-0.15, -0.1) is 0 Å². The molecule has 1 aromatic carbocycles. The fourth-order valence-corrected chi connectivity index (χ4v) is 2.49. The molecule has 7 nitrogen and oxygen atoms in total. The van der Waals surface area contributed by atoms with Gasteiger partial charge < -0.3 is 14.0 Å². The normalized spacial score (nSPS) is 12.3. The Morgan fingerprint density at radius 2 is 2.19 bits per heavy atom. The van der Waals surface area contributed by atoms with E-state index in [0.29, 0.717) is 12.0 Å². The van der Waals surface area contributed by atoms with Crippen molar-refractivity contribution < 1.29 is 19.2 Å². The lowest BCUT2D eigenvalue weighted by atomic mass is 10.0. The highest BCUT2D eigenvalue weighted by molar-refractivity contribution is 5.94. The van der Waals surface area contributed by atoms with Crippen molar-refractivity contribution in [3.8, 4) is 0 Å². The summed E-state index contributed by atoms with van der Waals surface area (Å²) in [5.41, 5.74) is 2.06. The van der Waals surface area contributed by atoms with E-state index in [2.05, 4.69) is 0 Å². The van der Waals surface area contributed by atoms with Crippen LogP contribution in [0.15, 0.2) is 18.3 Å². The van der Waals surface area contributed by atoms with Gasteiger partial charge in [0.15, 0.2) is 0 Å². The van der Waals surface area contributed by atoms with Crippen molar-refractivity contribution in [2.75, 3.05) is 7.11 Å². The lowest BCUT2D eigenvalue weighted by molar-refractivity contribution is -0.383. The van der Waals surface area contributed by atoms with Crippen LogP contribution in [-0.4, -0.2) is 23.1 Å². The standard InChI is InChI=1S/C14H16N2O5/c1-9-4-5-12(16(18)19)14-13(9)11(10(2)21-8-17)6-15(14)7-20-3/h4-6,8,10H,7H2,1-3H3. The molecule has 1 aromatic heterocycles. The SMILES string of the molecule is COCn1cc(C(C)OC=O)c2c(C)ccc([N+](=O)[O-])c21. The Kier molecular flexibility index (Phi) is 4.23. The average molecular weight is 292 g/mol. The maximum Gasteiger partial charge on any atom is 0.293 e. The Hall–Kier alpha value is -2.41. The van der Waals surface area contributed by atoms with Gasteiger partial charge in [0.25, 0.3) is 12.2 Å². The molecule has 0 amide bonds. The summed E-state index contributed by atoms with van der Waals surface area (Å²) in [5, 5.41) is 12.0. The molecule has 0 saturated carbocycles. The highest BCUT2D eigenvalue weighted by atomic mass is 16.6. The molecule has 1 heterocycles. The number of carbonyl (C=O) groups is 1. The molecule has 0 N–H and O–H groups in total. The van der Waals surface area contributed by atoms with Crippen LogP contribution in [0.4, 0.5) is 5.69 Å². The number of benzene rings is 1. The number of fused-ring (bicyclic) bond motifs is 1. The molecule has 2 aromatic rings. The first-order valence-electron chi connectivity index (χ1n) is 6.36. The molecule has 0 aliphatic rings. The summed E-state index contributed by atoms with van der Waals surface area (Å²) in [4.78, 5) is 21.4. The van der Waals surface area contributed by atoms with Crippen molar-refractivity contribution in [3.05, 3.63) is 39.6 Å². The fraction of sp³-hybridized carbons (Fsp3) is 0.357. The summed E-state index contributed by atoms with van der Waals surface area (Å²) in [5.74, 6) is 0. The Balaban J connectivity index is 2.79. The number of aromatic nitrogens is 1. The van der Waals surface area contributed by atoms with Gasteiger partial charge in [-0.1, -0.05) is 6.07 Å². The molecular formula is C14H16N2O5. The maximum atomic E-state index is 11.3. The summed E-state index contributed by atoms with van der Waals surface area (Å²) in [7, 11) is 1.51. The van der Waals surface area contributed by atoms with Crippen LogP contribution in [-0.2, 0) is 21.0 Å². The maximum absolute atomic E-state index is 11.3. The van der Waals surface area contributed by atoms with Crippen molar-refractivity contribution in [1.82, 2.24) is 4.57 Å². The van der Waals surface area contributed by atoms with Gasteiger partial charge in [-0.25, -0.2) is 0 Å². The molecule has 1 atom stereocenters. The molecule has 0 spiro atoms. The minimum Gasteiger partial charge on any atom is -0.460 e. The van der Waals surface area contributed by atoms with E-state index in [1.165, 1.54) is 13.2 Å². The molecule has 0 aliphatic heterocycles. The summed E-state index contributed by atoms with van der Waals surface area (Å²) in [6.45, 7) is 4.13. The summed E-state index contributed by atoms with van der Waals surface area (Å²) in [6, 6.07) is 3.16. The predicted molar refractivity (Wildman–Crippen MR) is 75.9 cm³/mol. The van der Waals surface area contributed by atoms with Crippen LogP contribution in [0.5, 0.6) is 0 Å². The lowest BCUT2D eigenvalue weighted by Gasteiger charge is -2.09. The number of nitro benzene ring substituents is 1. The number of rotatable bonds is 6. The van der Waals surface area contributed by atoms with E-state index in [1.807, 2.05) is 6.92 Å². The van der Waals surface area contributed by atoms with E-state index in [1.54, 1.807) is 23.8 Å². The largest absolute Gasteiger partial charge is 0.460 e. The smallest absolute Gasteiger partial charge is 0.293 e. The van der Waals surface area contributed by atoms with Crippen molar-refractivity contribution in [2.45, 2.75) is 26.7 Å². The zero-order valence-corrected chi connectivity index (χ0v) is 12.0. The first-order valence-corrected chi connectivity index (χ1v) is 6.36. The summed E-state index contributed by atoms with van der Waals surface area (Å²) in [6.07, 6.45) is 1.23. The van der Waals surface area contributed by atoms with Gasteiger partial charge in [0, 0.05) is 30.3 Å². The molecule has 2 rings (SSSR count). The Labute approximate surface area is 121 Å². The summed E-state index contributed by atoms with van der Waals surface area (Å²) >= 11 is 0. The molecule has 0 bridgehead atoms. The van der Waals surface area contributed by atoms with Crippen LogP contribution < -0.4 is 0 Å². The Morgan fingerprint density at radius 3 is 2.76 bits per heavy atom. The van der Waals surface area contributed by atoms with Gasteiger partial charge in [0.1, 0.15) is 18.4 Å². The van der Waals surface area contributed by atoms with E-state index < -0.39 is 11.0 Å². The highest BCUT2D eigenvalue weighted by Gasteiger charge is 2.23. The lowest BCUT2D eigenvalue weighted by Crippen LogP contribution is -2.00. The van der Waals surface area contributed by atoms with Crippen molar-refractivity contribution in [1.29, 1.82) is 0 Å². The molecule has 21 heavy (non-hydrogen) atoms. The second kappa shape index (κ2) is 5.92. The molecule has 0 aliphatic carbocycles. The van der Waals surface area contributed by atoms with Crippen LogP contribution in [0.1, 0.15) is 24.2 Å². The zero-order valence-electron chi connectivity index (χ0n) is 12.0. The van der Waals surface area contributed by atoms with Crippen LogP contribution >= 0.6 is 0 Å². The van der Waals surface area contributed by atoms with Gasteiger partial charge in [0.05, 0.1) is 4.92 Å². The molecule has 0 radical (unpaired) electrons. The van der Waals surface area contributed by atoms with E-state index in [0.717, 1.165) is 16.5 Å². The van der Waals surface area contributed by atoms with E-state index in [9.17, 15) is 14.9 Å². The van der Waals surface area contributed by atoms with Crippen LogP contribution in [0, 0.1) is 17.0 Å². The third-order valence-electron chi connectivity index (χ3n) is 3.40. The van der Waals surface area contributed by atoms with Gasteiger partial charge in [-0.3, -0.25) is 14.9 Å². The first kappa shape index (κ1) is 15.0. The fourth-order valence-electron chi connectivity index (χ4n) is 2.49. The predicted octanol–water partition coefficient (Wildman–Crippen LogP) is 2.70. The van der Waals surface area contributed by atoms with Crippen LogP contribution in [0.25, 0.3) is 10.9 Å². The number of nitrogens with zero attached hydrogens (tertiary/aromatic N) is 2. The molecule has 112 valence electrons. The number of non-ortho nitro benzene ring substituents is 1. The van der Waals surface area contributed by atoms with E-state index >= 15 is 0 Å². The van der Waals surface area contributed by atoms with Gasteiger partial charge in [-0.2, -0.15) is 0 Å². The molecule has 0 saturated heterocycles. The van der Waals surface area contributed by atoms with E-state index in [-0.39, 0.29) is 12.4 Å². The second-order valence-corrected chi connectivity index (χ2v) is 4.73. The Bertz CT molecular complexity index is 692. The van der Waals surface area contributed by atoms with Crippen LogP contribution in [0.3, 0.4) is 0 Å². The number of aryl methyl sites for hydroxylation is 1. The quantitative estimate of drug-likeness (QED) is 0.464. The van der Waals surface area contributed by atoms with Gasteiger partial charge in [0.2, 0.25) is 0 Å². The molecular weight excluding hydrogens is 276 g/mol. The number of hydrogen-bond donors (Lipinski definition) is 0. The first-order chi connectivity index (χ1) is 10.0. The number of hydrogen-bond acceptors (Lipinski definition) is 5. The Morgan fingerprint density at radius 1 is 1.48 bits per heavy atom. The summed E-state index contributed by atoms with van der Waals surface area (Å²) < 4.78 is 11.7. The monoisotopic (exact) mass is 292 g/mol. The molecule has 7 heteroatoms. The highest BCUT2D eigenvalue weighted by Crippen LogP contribution is 2.36. The second-order valence-electron chi connectivity index (χ2n) is 4.73. The zero-order chi connectivity index (χ0) is 15.6. The molecule has 0 fully saturated rings. The number of methoxy groups -OCH3 is 1. The van der Waals surface area contributed by atoms with Gasteiger partial charge >= 0.3 is 0 Å². The minimum atomic E-state index is -0.496. The topological polar surface area (TPSA) is 83.6 Å². The van der Waals surface area contributed by atoms with Crippen molar-refractivity contribution in [3.63, 3.8) is 0 Å². The third-order valence-corrected chi connectivity index (χ3v) is 3.40. The van der Waals surface area contributed by atoms with Crippen molar-refractivity contribution >= 4 is 23.1 Å². The number of nitro groups is 1. The van der Waals surface area contributed by atoms with Gasteiger partial charge in [-0.05, 0) is 19.4 Å².